The van der Waals surface area contributed by atoms with Gasteiger partial charge in [0.1, 0.15) is 0 Å². The van der Waals surface area contributed by atoms with E-state index in [0.29, 0.717) is 24.1 Å². The third-order valence-electron chi connectivity index (χ3n) is 6.63. The Labute approximate surface area is 196 Å². The Balaban J connectivity index is 1.73. The number of rotatable bonds is 16. The molecule has 0 aliphatic heterocycles. The highest BCUT2D eigenvalue weighted by Gasteiger charge is 2.57. The first-order chi connectivity index (χ1) is 15.9. The zero-order valence-electron chi connectivity index (χ0n) is 20.1. The van der Waals surface area contributed by atoms with Crippen LogP contribution in [0, 0.1) is 17.0 Å². The molecule has 0 bridgehead atoms. The Hall–Kier alpha value is -2.02. The van der Waals surface area contributed by atoms with Crippen molar-refractivity contribution < 1.29 is 28.2 Å². The first-order valence-corrected chi connectivity index (χ1v) is 12.5. The molecule has 2 N–H and O–H groups in total. The van der Waals surface area contributed by atoms with Gasteiger partial charge in [0.2, 0.25) is 0 Å². The Morgan fingerprint density at radius 1 is 0.970 bits per heavy atom. The van der Waals surface area contributed by atoms with E-state index in [4.69, 9.17) is 4.74 Å². The SMILES string of the molecule is CCCCCCCCCCc1ccc(CCNC2CC(C(=O)O)(C(=O)OCC)C2)c(F)c1F. The molecule has 1 aliphatic rings. The van der Waals surface area contributed by atoms with Crippen molar-refractivity contribution in [2.75, 3.05) is 13.2 Å². The van der Waals surface area contributed by atoms with Gasteiger partial charge in [0.15, 0.2) is 17.0 Å². The highest BCUT2D eigenvalue weighted by molar-refractivity contribution is 6.00. The number of ether oxygens (including phenoxy) is 1. The van der Waals surface area contributed by atoms with Gasteiger partial charge < -0.3 is 15.2 Å². The van der Waals surface area contributed by atoms with Crippen molar-refractivity contribution >= 4 is 11.9 Å². The first-order valence-electron chi connectivity index (χ1n) is 12.5. The minimum absolute atomic E-state index is 0.131. The lowest BCUT2D eigenvalue weighted by molar-refractivity contribution is -0.177. The number of hydrogen-bond acceptors (Lipinski definition) is 4. The number of aryl methyl sites for hydroxylation is 1. The van der Waals surface area contributed by atoms with Crippen LogP contribution in [0.25, 0.3) is 0 Å². The summed E-state index contributed by atoms with van der Waals surface area (Å²) < 4.78 is 33.9. The number of carbonyl (C=O) groups is 2. The van der Waals surface area contributed by atoms with Crippen molar-refractivity contribution in [3.63, 3.8) is 0 Å². The van der Waals surface area contributed by atoms with Crippen molar-refractivity contribution in [2.45, 2.75) is 96.9 Å². The van der Waals surface area contributed by atoms with Crippen LogP contribution in [0.5, 0.6) is 0 Å². The molecule has 33 heavy (non-hydrogen) atoms. The number of nitrogens with one attached hydrogen (secondary N) is 1. The number of carbonyl (C=O) groups excluding carboxylic acids is 1. The molecule has 1 aromatic rings. The van der Waals surface area contributed by atoms with Crippen LogP contribution in [-0.4, -0.2) is 36.2 Å². The molecular formula is C26H39F2NO4. The van der Waals surface area contributed by atoms with E-state index in [1.165, 1.54) is 32.1 Å². The smallest absolute Gasteiger partial charge is 0.323 e. The van der Waals surface area contributed by atoms with Crippen LogP contribution < -0.4 is 5.32 Å². The number of carboxylic acids is 1. The van der Waals surface area contributed by atoms with E-state index in [1.807, 2.05) is 0 Å². The highest BCUT2D eigenvalue weighted by atomic mass is 19.2. The van der Waals surface area contributed by atoms with Crippen LogP contribution in [0.15, 0.2) is 12.1 Å². The molecule has 186 valence electrons. The summed E-state index contributed by atoms with van der Waals surface area (Å²) in [6, 6.07) is 3.15. The minimum Gasteiger partial charge on any atom is -0.480 e. The molecule has 1 aromatic carbocycles. The van der Waals surface area contributed by atoms with Gasteiger partial charge in [0.25, 0.3) is 0 Å². The summed E-state index contributed by atoms with van der Waals surface area (Å²) in [5.41, 5.74) is -0.772. The summed E-state index contributed by atoms with van der Waals surface area (Å²) in [7, 11) is 0. The highest BCUT2D eigenvalue weighted by Crippen LogP contribution is 2.42. The number of unbranched alkanes of at least 4 members (excludes halogenated alkanes) is 7. The van der Waals surface area contributed by atoms with Gasteiger partial charge in [-0.2, -0.15) is 0 Å². The molecule has 0 spiro atoms. The average Bonchev–Trinajstić information content (AvgIpc) is 2.75. The molecule has 7 heteroatoms. The fourth-order valence-corrected chi connectivity index (χ4v) is 4.50. The molecule has 1 fully saturated rings. The molecule has 0 atom stereocenters. The lowest BCUT2D eigenvalue weighted by Gasteiger charge is -2.42. The van der Waals surface area contributed by atoms with E-state index >= 15 is 0 Å². The fraction of sp³-hybridized carbons (Fsp3) is 0.692. The van der Waals surface area contributed by atoms with Crippen LogP contribution in [0.1, 0.15) is 89.2 Å². The van der Waals surface area contributed by atoms with E-state index in [1.54, 1.807) is 19.1 Å². The first kappa shape index (κ1) is 27.2. The minimum atomic E-state index is -1.50. The second kappa shape index (κ2) is 13.6. The van der Waals surface area contributed by atoms with Crippen molar-refractivity contribution in [2.24, 2.45) is 5.41 Å². The van der Waals surface area contributed by atoms with E-state index in [0.717, 1.165) is 19.3 Å². The standard InChI is InChI=1S/C26H39F2NO4/c1-3-5-6-7-8-9-10-11-12-19-13-14-20(23(28)22(19)27)15-16-29-21-17-26(18-21,24(30)31)25(32)33-4-2/h13-14,21,29H,3-12,15-18H2,1-2H3,(H,30,31). The maximum Gasteiger partial charge on any atom is 0.323 e. The number of benzene rings is 1. The lowest BCUT2D eigenvalue weighted by atomic mass is 9.65. The molecule has 0 aromatic heterocycles. The third kappa shape index (κ3) is 7.49. The van der Waals surface area contributed by atoms with E-state index < -0.39 is 29.0 Å². The molecule has 5 nitrogen and oxygen atoms in total. The van der Waals surface area contributed by atoms with Gasteiger partial charge >= 0.3 is 11.9 Å². The maximum atomic E-state index is 14.5. The van der Waals surface area contributed by atoms with Gasteiger partial charge in [0.05, 0.1) is 6.61 Å². The van der Waals surface area contributed by atoms with Crippen LogP contribution in [0.3, 0.4) is 0 Å². The van der Waals surface area contributed by atoms with E-state index in [-0.39, 0.29) is 31.9 Å². The summed E-state index contributed by atoms with van der Waals surface area (Å²) in [5, 5.41) is 12.6. The van der Waals surface area contributed by atoms with Crippen molar-refractivity contribution in [1.29, 1.82) is 0 Å². The maximum absolute atomic E-state index is 14.5. The molecule has 1 aliphatic carbocycles. The normalized spacial score (nSPS) is 19.8. The third-order valence-corrected chi connectivity index (χ3v) is 6.63. The summed E-state index contributed by atoms with van der Waals surface area (Å²) in [5.74, 6) is -3.45. The molecular weight excluding hydrogens is 428 g/mol. The lowest BCUT2D eigenvalue weighted by Crippen LogP contribution is -2.57. The van der Waals surface area contributed by atoms with Crippen LogP contribution >= 0.6 is 0 Å². The predicted octanol–water partition coefficient (Wildman–Crippen LogP) is 5.58. The van der Waals surface area contributed by atoms with Gasteiger partial charge in [-0.1, -0.05) is 64.0 Å². The second-order valence-electron chi connectivity index (χ2n) is 9.15. The molecule has 0 heterocycles. The Bertz CT molecular complexity index is 778. The largest absolute Gasteiger partial charge is 0.480 e. The Kier molecular flexibility index (Phi) is 11.2. The molecule has 0 amide bonds. The predicted molar refractivity (Wildman–Crippen MR) is 124 cm³/mol. The summed E-state index contributed by atoms with van der Waals surface area (Å²) in [6.45, 7) is 4.34. The van der Waals surface area contributed by atoms with Gasteiger partial charge in [-0.25, -0.2) is 8.78 Å². The molecule has 0 saturated heterocycles. The van der Waals surface area contributed by atoms with Crippen LogP contribution in [-0.2, 0) is 27.2 Å². The molecule has 0 radical (unpaired) electrons. The number of hydrogen-bond donors (Lipinski definition) is 2. The van der Waals surface area contributed by atoms with Crippen LogP contribution in [0.4, 0.5) is 8.78 Å². The quantitative estimate of drug-likeness (QED) is 0.189. The second-order valence-corrected chi connectivity index (χ2v) is 9.15. The summed E-state index contributed by atoms with van der Waals surface area (Å²) in [4.78, 5) is 23.5. The van der Waals surface area contributed by atoms with Crippen molar-refractivity contribution in [1.82, 2.24) is 5.32 Å². The topological polar surface area (TPSA) is 75.6 Å². The number of esters is 1. The average molecular weight is 468 g/mol. The number of aliphatic carboxylic acids is 1. The fourth-order valence-electron chi connectivity index (χ4n) is 4.50. The number of halogens is 2. The van der Waals surface area contributed by atoms with Crippen LogP contribution in [0.2, 0.25) is 0 Å². The zero-order chi connectivity index (χ0) is 24.3. The van der Waals surface area contributed by atoms with Gasteiger partial charge in [0, 0.05) is 6.04 Å². The van der Waals surface area contributed by atoms with Gasteiger partial charge in [-0.3, -0.25) is 9.59 Å². The monoisotopic (exact) mass is 467 g/mol. The Morgan fingerprint density at radius 2 is 1.52 bits per heavy atom. The van der Waals surface area contributed by atoms with Gasteiger partial charge in [-0.05, 0) is 56.7 Å². The molecule has 2 rings (SSSR count). The summed E-state index contributed by atoms with van der Waals surface area (Å²) >= 11 is 0. The van der Waals surface area contributed by atoms with E-state index in [2.05, 4.69) is 12.2 Å². The zero-order valence-corrected chi connectivity index (χ0v) is 20.1. The van der Waals surface area contributed by atoms with Crippen molar-refractivity contribution in [3.05, 3.63) is 34.9 Å². The van der Waals surface area contributed by atoms with Crippen molar-refractivity contribution in [3.8, 4) is 0 Å². The van der Waals surface area contributed by atoms with Gasteiger partial charge in [-0.15, -0.1) is 0 Å². The molecule has 1 saturated carbocycles. The summed E-state index contributed by atoms with van der Waals surface area (Å²) in [6.07, 6.45) is 10.4. The van der Waals surface area contributed by atoms with E-state index in [9.17, 15) is 23.5 Å². The number of carboxylic acid groups (broad SMARTS) is 1. The Morgan fingerprint density at radius 3 is 2.06 bits per heavy atom. The molecule has 0 unspecified atom stereocenters.